The van der Waals surface area contributed by atoms with Gasteiger partial charge in [0.1, 0.15) is 0 Å². The highest BCUT2D eigenvalue weighted by molar-refractivity contribution is 7.99. The van der Waals surface area contributed by atoms with E-state index in [0.29, 0.717) is 16.5 Å². The molecular formula is C20H20ClN3O3S2. The van der Waals surface area contributed by atoms with Crippen LogP contribution in [0.4, 0.5) is 5.69 Å². The zero-order valence-electron chi connectivity index (χ0n) is 15.7. The van der Waals surface area contributed by atoms with Crippen molar-refractivity contribution in [3.63, 3.8) is 0 Å². The maximum atomic E-state index is 12.0. The zero-order chi connectivity index (χ0) is 20.6. The summed E-state index contributed by atoms with van der Waals surface area (Å²) in [4.78, 5) is 24.9. The van der Waals surface area contributed by atoms with E-state index in [2.05, 4.69) is 15.8 Å². The number of hydrogen-bond donors (Lipinski definition) is 2. The molecule has 2 aromatic heterocycles. The molecule has 0 radical (unpaired) electrons. The predicted molar refractivity (Wildman–Crippen MR) is 118 cm³/mol. The molecule has 3 rings (SSSR count). The molecule has 0 spiro atoms. The molecule has 0 unspecified atom stereocenters. The van der Waals surface area contributed by atoms with Crippen LogP contribution in [0.15, 0.2) is 46.3 Å². The van der Waals surface area contributed by atoms with Crippen LogP contribution in [0, 0.1) is 6.92 Å². The van der Waals surface area contributed by atoms with Crippen LogP contribution in [0.2, 0.25) is 5.02 Å². The van der Waals surface area contributed by atoms with Crippen LogP contribution in [0.1, 0.15) is 17.7 Å². The summed E-state index contributed by atoms with van der Waals surface area (Å²) < 4.78 is 5.31. The second-order valence-corrected chi connectivity index (χ2v) is 8.62. The van der Waals surface area contributed by atoms with Crippen LogP contribution in [-0.2, 0) is 15.3 Å². The molecule has 9 heteroatoms. The maximum absolute atomic E-state index is 12.0. The average Bonchev–Trinajstić information content (AvgIpc) is 3.35. The number of thioether (sulfide) groups is 1. The van der Waals surface area contributed by atoms with Gasteiger partial charge in [-0.1, -0.05) is 28.9 Å². The van der Waals surface area contributed by atoms with Crippen LogP contribution in [0.25, 0.3) is 10.6 Å². The summed E-state index contributed by atoms with van der Waals surface area (Å²) in [6.07, 6.45) is 0.175. The lowest BCUT2D eigenvalue weighted by molar-refractivity contribution is -0.119. The Hall–Kier alpha value is -2.29. The number of carbonyl (C=O) groups excluding carboxylic acids is 2. The van der Waals surface area contributed by atoms with Crippen molar-refractivity contribution in [2.24, 2.45) is 0 Å². The molecule has 0 aliphatic heterocycles. The van der Waals surface area contributed by atoms with Crippen molar-refractivity contribution in [3.05, 3.63) is 58.1 Å². The number of nitrogens with one attached hydrogen (secondary N) is 2. The quantitative estimate of drug-likeness (QED) is 0.492. The number of hydrogen-bond acceptors (Lipinski definition) is 6. The second kappa shape index (κ2) is 10.5. The summed E-state index contributed by atoms with van der Waals surface area (Å²) in [7, 11) is 0. The van der Waals surface area contributed by atoms with Crippen LogP contribution >= 0.6 is 34.7 Å². The van der Waals surface area contributed by atoms with E-state index in [-0.39, 0.29) is 30.5 Å². The van der Waals surface area contributed by atoms with Gasteiger partial charge < -0.3 is 15.2 Å². The lowest BCUT2D eigenvalue weighted by Gasteiger charge is -2.08. The molecule has 2 N–H and O–H groups in total. The Labute approximate surface area is 182 Å². The smallest absolute Gasteiger partial charge is 0.230 e. The molecule has 0 saturated carbocycles. The SMILES string of the molecule is Cc1ccc(NC(=O)CCNC(=O)CSCc2cc(-c3cccs3)on2)c(Cl)c1. The summed E-state index contributed by atoms with van der Waals surface area (Å²) in [5, 5.41) is 12.0. The predicted octanol–water partition coefficient (Wildman–Crippen LogP) is 4.74. The van der Waals surface area contributed by atoms with Crippen molar-refractivity contribution in [1.29, 1.82) is 0 Å². The maximum Gasteiger partial charge on any atom is 0.230 e. The Bertz CT molecular complexity index is 973. The highest BCUT2D eigenvalue weighted by Crippen LogP contribution is 2.26. The van der Waals surface area contributed by atoms with Gasteiger partial charge in [0.05, 0.1) is 27.0 Å². The number of aromatic nitrogens is 1. The van der Waals surface area contributed by atoms with Crippen LogP contribution in [0.5, 0.6) is 0 Å². The van der Waals surface area contributed by atoms with Gasteiger partial charge in [0.25, 0.3) is 0 Å². The summed E-state index contributed by atoms with van der Waals surface area (Å²) in [6, 6.07) is 11.2. The van der Waals surface area contributed by atoms with Crippen molar-refractivity contribution in [3.8, 4) is 10.6 Å². The lowest BCUT2D eigenvalue weighted by atomic mass is 10.2. The van der Waals surface area contributed by atoms with Gasteiger partial charge in [-0.15, -0.1) is 23.1 Å². The van der Waals surface area contributed by atoms with Crippen LogP contribution in [-0.4, -0.2) is 29.3 Å². The van der Waals surface area contributed by atoms with Crippen molar-refractivity contribution < 1.29 is 14.1 Å². The number of aryl methyl sites for hydroxylation is 1. The number of rotatable bonds is 9. The molecule has 2 amide bonds. The Morgan fingerprint density at radius 3 is 2.86 bits per heavy atom. The zero-order valence-corrected chi connectivity index (χ0v) is 18.1. The van der Waals surface area contributed by atoms with Gasteiger partial charge in [-0.05, 0) is 36.1 Å². The first-order valence-electron chi connectivity index (χ1n) is 8.91. The van der Waals surface area contributed by atoms with E-state index in [1.54, 1.807) is 23.5 Å². The molecule has 0 bridgehead atoms. The van der Waals surface area contributed by atoms with Crippen molar-refractivity contribution in [1.82, 2.24) is 10.5 Å². The molecule has 3 aromatic rings. The Morgan fingerprint density at radius 2 is 2.10 bits per heavy atom. The third-order valence-electron chi connectivity index (χ3n) is 3.88. The van der Waals surface area contributed by atoms with Gasteiger partial charge in [-0.3, -0.25) is 9.59 Å². The highest BCUT2D eigenvalue weighted by Gasteiger charge is 2.10. The third kappa shape index (κ3) is 6.62. The fraction of sp³-hybridized carbons (Fsp3) is 0.250. The van der Waals surface area contributed by atoms with E-state index < -0.39 is 0 Å². The molecule has 2 heterocycles. The van der Waals surface area contributed by atoms with E-state index >= 15 is 0 Å². The average molecular weight is 450 g/mol. The monoisotopic (exact) mass is 449 g/mol. The number of halogens is 1. The van der Waals surface area contributed by atoms with Gasteiger partial charge in [-0.25, -0.2) is 0 Å². The molecule has 6 nitrogen and oxygen atoms in total. The van der Waals surface area contributed by atoms with E-state index in [9.17, 15) is 9.59 Å². The highest BCUT2D eigenvalue weighted by atomic mass is 35.5. The number of benzene rings is 1. The van der Waals surface area contributed by atoms with Crippen molar-refractivity contribution in [2.45, 2.75) is 19.1 Å². The van der Waals surface area contributed by atoms with Gasteiger partial charge in [0.15, 0.2) is 5.76 Å². The van der Waals surface area contributed by atoms with E-state index in [0.717, 1.165) is 21.9 Å². The number of nitrogens with zero attached hydrogens (tertiary/aromatic N) is 1. The molecular weight excluding hydrogens is 430 g/mol. The van der Waals surface area contributed by atoms with Crippen molar-refractivity contribution >= 4 is 52.2 Å². The van der Waals surface area contributed by atoms with Gasteiger partial charge in [-0.2, -0.15) is 0 Å². The van der Waals surface area contributed by atoms with Crippen molar-refractivity contribution in [2.75, 3.05) is 17.6 Å². The number of anilines is 1. The van der Waals surface area contributed by atoms with Gasteiger partial charge in [0.2, 0.25) is 11.8 Å². The minimum atomic E-state index is -0.201. The molecule has 29 heavy (non-hydrogen) atoms. The molecule has 0 saturated heterocycles. The molecule has 0 aliphatic carbocycles. The van der Waals surface area contributed by atoms with E-state index in [4.69, 9.17) is 16.1 Å². The van der Waals surface area contributed by atoms with Gasteiger partial charge in [0, 0.05) is 24.8 Å². The Kier molecular flexibility index (Phi) is 7.74. The molecule has 152 valence electrons. The van der Waals surface area contributed by atoms with E-state index in [1.807, 2.05) is 36.6 Å². The molecule has 0 fully saturated rings. The summed E-state index contributed by atoms with van der Waals surface area (Å²) >= 11 is 9.12. The standard InChI is InChI=1S/C20H20ClN3O3S2/c1-13-4-5-16(15(21)9-13)23-19(25)6-7-22-20(26)12-28-11-14-10-17(27-24-14)18-3-2-8-29-18/h2-5,8-10H,6-7,11-12H2,1H3,(H,22,26)(H,23,25). The summed E-state index contributed by atoms with van der Waals surface area (Å²) in [5.41, 5.74) is 2.38. The first kappa shape index (κ1) is 21.4. The van der Waals surface area contributed by atoms with E-state index in [1.165, 1.54) is 11.8 Å². The fourth-order valence-electron chi connectivity index (χ4n) is 2.46. The number of thiophene rings is 1. The molecule has 0 atom stereocenters. The molecule has 1 aromatic carbocycles. The normalized spacial score (nSPS) is 10.7. The fourth-order valence-corrected chi connectivity index (χ4v) is 4.15. The first-order chi connectivity index (χ1) is 14.0. The number of carbonyl (C=O) groups is 2. The molecule has 0 aliphatic rings. The Morgan fingerprint density at radius 1 is 1.24 bits per heavy atom. The summed E-state index contributed by atoms with van der Waals surface area (Å²) in [6.45, 7) is 2.19. The minimum Gasteiger partial charge on any atom is -0.355 e. The third-order valence-corrected chi connectivity index (χ3v) is 6.04. The first-order valence-corrected chi connectivity index (χ1v) is 11.3. The largest absolute Gasteiger partial charge is 0.355 e. The summed E-state index contributed by atoms with van der Waals surface area (Å²) in [5.74, 6) is 1.27. The Balaban J connectivity index is 1.32. The topological polar surface area (TPSA) is 84.2 Å². The van der Waals surface area contributed by atoms with Gasteiger partial charge >= 0.3 is 0 Å². The second-order valence-electron chi connectivity index (χ2n) is 6.28. The number of amides is 2. The van der Waals surface area contributed by atoms with Crippen LogP contribution in [0.3, 0.4) is 0 Å². The van der Waals surface area contributed by atoms with Crippen LogP contribution < -0.4 is 10.6 Å². The lowest BCUT2D eigenvalue weighted by Crippen LogP contribution is -2.29. The minimum absolute atomic E-state index is 0.127.